The lowest BCUT2D eigenvalue weighted by Gasteiger charge is -2.08. The highest BCUT2D eigenvalue weighted by atomic mass is 16.5. The zero-order valence-corrected chi connectivity index (χ0v) is 14.5. The first kappa shape index (κ1) is 16.0. The van der Waals surface area contributed by atoms with Gasteiger partial charge in [-0.05, 0) is 24.6 Å². The smallest absolute Gasteiger partial charge is 0.150 e. The summed E-state index contributed by atoms with van der Waals surface area (Å²) in [4.78, 5) is 17.4. The molecule has 3 heterocycles. The van der Waals surface area contributed by atoms with Gasteiger partial charge in [0.1, 0.15) is 22.9 Å². The molecular formula is C19H18N6O. The Balaban J connectivity index is 1.61. The molecule has 7 heteroatoms. The molecule has 0 unspecified atom stereocenters. The molecule has 0 bridgehead atoms. The van der Waals surface area contributed by atoms with Crippen LogP contribution in [0.1, 0.15) is 11.3 Å². The first-order valence-electron chi connectivity index (χ1n) is 8.21. The van der Waals surface area contributed by atoms with Gasteiger partial charge in [0.05, 0.1) is 37.0 Å². The quantitative estimate of drug-likeness (QED) is 0.597. The zero-order valence-electron chi connectivity index (χ0n) is 14.5. The Morgan fingerprint density at radius 1 is 1.04 bits per heavy atom. The maximum Gasteiger partial charge on any atom is 0.150 e. The summed E-state index contributed by atoms with van der Waals surface area (Å²) in [5, 5.41) is 3.19. The van der Waals surface area contributed by atoms with Crippen molar-refractivity contribution in [3.8, 4) is 5.75 Å². The molecule has 0 saturated heterocycles. The molecule has 0 spiro atoms. The van der Waals surface area contributed by atoms with Crippen LogP contribution in [0.5, 0.6) is 5.75 Å². The van der Waals surface area contributed by atoms with E-state index in [9.17, 15) is 0 Å². The normalized spacial score (nSPS) is 10.8. The highest BCUT2D eigenvalue weighted by Gasteiger charge is 2.07. The lowest BCUT2D eigenvalue weighted by Crippen LogP contribution is -2.00. The number of methoxy groups -OCH3 is 1. The Kier molecular flexibility index (Phi) is 4.18. The molecule has 1 aromatic carbocycles. The Morgan fingerprint density at radius 3 is 2.65 bits per heavy atom. The third kappa shape index (κ3) is 3.32. The number of rotatable bonds is 5. The van der Waals surface area contributed by atoms with Gasteiger partial charge in [-0.1, -0.05) is 12.1 Å². The van der Waals surface area contributed by atoms with Gasteiger partial charge in [-0.15, -0.1) is 0 Å². The van der Waals surface area contributed by atoms with Crippen LogP contribution in [0.4, 0.5) is 11.6 Å². The van der Waals surface area contributed by atoms with Crippen molar-refractivity contribution < 1.29 is 4.74 Å². The minimum Gasteiger partial charge on any atom is -0.497 e. The predicted octanol–water partition coefficient (Wildman–Crippen LogP) is 3.33. The summed E-state index contributed by atoms with van der Waals surface area (Å²) in [5.74, 6) is 2.21. The topological polar surface area (TPSA) is 77.8 Å². The summed E-state index contributed by atoms with van der Waals surface area (Å²) in [6.45, 7) is 2.62. The second kappa shape index (κ2) is 6.79. The zero-order chi connectivity index (χ0) is 17.9. The van der Waals surface area contributed by atoms with E-state index in [-0.39, 0.29) is 0 Å². The molecule has 0 aliphatic carbocycles. The Bertz CT molecular complexity index is 1040. The van der Waals surface area contributed by atoms with Crippen molar-refractivity contribution in [2.24, 2.45) is 0 Å². The average molecular weight is 346 g/mol. The molecule has 0 saturated carbocycles. The second-order valence-corrected chi connectivity index (χ2v) is 5.95. The van der Waals surface area contributed by atoms with E-state index in [1.54, 1.807) is 25.7 Å². The predicted molar refractivity (Wildman–Crippen MR) is 99.7 cm³/mol. The Morgan fingerprint density at radius 2 is 1.88 bits per heavy atom. The van der Waals surface area contributed by atoms with Crippen LogP contribution in [0, 0.1) is 6.92 Å². The molecule has 130 valence electrons. The van der Waals surface area contributed by atoms with E-state index in [2.05, 4.69) is 29.8 Å². The molecule has 0 fully saturated rings. The average Bonchev–Trinajstić information content (AvgIpc) is 3.05. The van der Waals surface area contributed by atoms with Gasteiger partial charge in [0.15, 0.2) is 0 Å². The number of aromatic nitrogens is 5. The SMILES string of the molecule is COc1ccc(Cn2cnc3cnc(Nc4cncc(C)n4)cc32)cc1. The lowest BCUT2D eigenvalue weighted by molar-refractivity contribution is 0.414. The monoisotopic (exact) mass is 346 g/mol. The maximum atomic E-state index is 5.21. The van der Waals surface area contributed by atoms with Crippen LogP contribution in [0.3, 0.4) is 0 Å². The van der Waals surface area contributed by atoms with Gasteiger partial charge in [-0.25, -0.2) is 15.0 Å². The fraction of sp³-hybridized carbons (Fsp3) is 0.158. The van der Waals surface area contributed by atoms with E-state index in [4.69, 9.17) is 4.74 Å². The molecule has 1 N–H and O–H groups in total. The molecule has 0 aliphatic rings. The highest BCUT2D eigenvalue weighted by Crippen LogP contribution is 2.20. The number of nitrogens with zero attached hydrogens (tertiary/aromatic N) is 5. The van der Waals surface area contributed by atoms with Crippen LogP contribution >= 0.6 is 0 Å². The molecule has 7 nitrogen and oxygen atoms in total. The Hall–Kier alpha value is -3.48. The largest absolute Gasteiger partial charge is 0.497 e. The van der Waals surface area contributed by atoms with Gasteiger partial charge in [0.2, 0.25) is 0 Å². The van der Waals surface area contributed by atoms with Crippen LogP contribution in [-0.2, 0) is 6.54 Å². The second-order valence-electron chi connectivity index (χ2n) is 5.95. The van der Waals surface area contributed by atoms with E-state index in [0.29, 0.717) is 18.2 Å². The van der Waals surface area contributed by atoms with Crippen molar-refractivity contribution in [2.75, 3.05) is 12.4 Å². The minimum absolute atomic E-state index is 0.665. The number of hydrogen-bond donors (Lipinski definition) is 1. The number of benzene rings is 1. The van der Waals surface area contributed by atoms with Crippen LogP contribution in [-0.4, -0.2) is 31.6 Å². The number of fused-ring (bicyclic) bond motifs is 1. The van der Waals surface area contributed by atoms with Crippen LogP contribution < -0.4 is 10.1 Å². The van der Waals surface area contributed by atoms with Crippen molar-refractivity contribution >= 4 is 22.7 Å². The summed E-state index contributed by atoms with van der Waals surface area (Å²) in [6, 6.07) is 9.98. The third-order valence-electron chi connectivity index (χ3n) is 4.03. The summed E-state index contributed by atoms with van der Waals surface area (Å²) in [6.07, 6.45) is 6.97. The number of aryl methyl sites for hydroxylation is 1. The molecular weight excluding hydrogens is 328 g/mol. The molecule has 0 atom stereocenters. The van der Waals surface area contributed by atoms with Gasteiger partial charge in [-0.3, -0.25) is 4.98 Å². The van der Waals surface area contributed by atoms with Crippen molar-refractivity contribution in [1.29, 1.82) is 0 Å². The van der Waals surface area contributed by atoms with Gasteiger partial charge in [0.25, 0.3) is 0 Å². The number of nitrogens with one attached hydrogen (secondary N) is 1. The van der Waals surface area contributed by atoms with Crippen LogP contribution in [0.25, 0.3) is 11.0 Å². The van der Waals surface area contributed by atoms with E-state index < -0.39 is 0 Å². The molecule has 3 aromatic heterocycles. The van der Waals surface area contributed by atoms with Crippen molar-refractivity contribution in [3.63, 3.8) is 0 Å². The molecule has 0 aliphatic heterocycles. The summed E-state index contributed by atoms with van der Waals surface area (Å²) in [5.41, 5.74) is 3.86. The molecule has 0 radical (unpaired) electrons. The fourth-order valence-electron chi connectivity index (χ4n) is 2.74. The number of imidazole rings is 1. The molecule has 4 rings (SSSR count). The summed E-state index contributed by atoms with van der Waals surface area (Å²) < 4.78 is 7.30. The number of anilines is 2. The summed E-state index contributed by atoms with van der Waals surface area (Å²) >= 11 is 0. The van der Waals surface area contributed by atoms with Crippen LogP contribution in [0.15, 0.2) is 55.2 Å². The van der Waals surface area contributed by atoms with Gasteiger partial charge in [-0.2, -0.15) is 0 Å². The maximum absolute atomic E-state index is 5.21. The lowest BCUT2D eigenvalue weighted by atomic mass is 10.2. The van der Waals surface area contributed by atoms with Gasteiger partial charge >= 0.3 is 0 Å². The van der Waals surface area contributed by atoms with E-state index >= 15 is 0 Å². The third-order valence-corrected chi connectivity index (χ3v) is 4.03. The number of hydrogen-bond acceptors (Lipinski definition) is 6. The number of pyridine rings is 1. The van der Waals surface area contributed by atoms with E-state index in [0.717, 1.165) is 22.5 Å². The Labute approximate surface area is 150 Å². The minimum atomic E-state index is 0.665. The highest BCUT2D eigenvalue weighted by molar-refractivity contribution is 5.78. The summed E-state index contributed by atoms with van der Waals surface area (Å²) in [7, 11) is 1.67. The molecule has 4 aromatic rings. The molecule has 26 heavy (non-hydrogen) atoms. The number of ether oxygens (including phenoxy) is 1. The standard InChI is InChI=1S/C19H18N6O/c1-13-8-20-10-19(23-13)24-18-7-17-16(9-21-18)22-12-25(17)11-14-3-5-15(26-2)6-4-14/h3-10,12H,11H2,1-2H3,(H,21,23,24). The van der Waals surface area contributed by atoms with E-state index in [1.165, 1.54) is 5.56 Å². The van der Waals surface area contributed by atoms with Crippen molar-refractivity contribution in [2.45, 2.75) is 13.5 Å². The molecule has 0 amide bonds. The van der Waals surface area contributed by atoms with E-state index in [1.807, 2.05) is 43.6 Å². The fourth-order valence-corrected chi connectivity index (χ4v) is 2.74. The van der Waals surface area contributed by atoms with Crippen LogP contribution in [0.2, 0.25) is 0 Å². The first-order valence-corrected chi connectivity index (χ1v) is 8.21. The van der Waals surface area contributed by atoms with Crippen molar-refractivity contribution in [3.05, 3.63) is 66.5 Å². The van der Waals surface area contributed by atoms with Crippen molar-refractivity contribution in [1.82, 2.24) is 24.5 Å². The first-order chi connectivity index (χ1) is 12.7. The van der Waals surface area contributed by atoms with Gasteiger partial charge in [0, 0.05) is 18.8 Å². The van der Waals surface area contributed by atoms with Gasteiger partial charge < -0.3 is 14.6 Å².